The lowest BCUT2D eigenvalue weighted by molar-refractivity contribution is -0.313. The van der Waals surface area contributed by atoms with Gasteiger partial charge in [-0.15, -0.1) is 0 Å². The average molecular weight is 374 g/mol. The van der Waals surface area contributed by atoms with Gasteiger partial charge in [0.15, 0.2) is 6.29 Å². The maximum absolute atomic E-state index is 11.1. The van der Waals surface area contributed by atoms with Crippen LogP contribution in [0.4, 0.5) is 0 Å². The van der Waals surface area contributed by atoms with Gasteiger partial charge in [0.2, 0.25) is 0 Å². The lowest BCUT2D eigenvalue weighted by Crippen LogP contribution is -2.59. The largest absolute Gasteiger partial charge is 0.481 e. The minimum Gasteiger partial charge on any atom is -0.481 e. The summed E-state index contributed by atoms with van der Waals surface area (Å²) >= 11 is 0. The van der Waals surface area contributed by atoms with Gasteiger partial charge in [0.25, 0.3) is 0 Å². The maximum Gasteiger partial charge on any atom is 0.303 e. The van der Waals surface area contributed by atoms with E-state index < -0.39 is 43.3 Å². The molecule has 8 nitrogen and oxygen atoms in total. The molecule has 1 aliphatic heterocycles. The highest BCUT2D eigenvalue weighted by Crippen LogP contribution is 2.40. The number of allylic oxidation sites excluding steroid dienone is 2. The standard InChI is InChI=1S/C18H30O8/c1-2-3-4-5-11-10(8-14(20)21)6-7-12(11)25-18-17(24)16(23)15(22)13(9-19)26-18/h3-4,10-13,15-19,22-24H,2,5-9H2,1H3,(H,20,21)/b4-3-/t10-,11+,12-,13-,15+,16+,17+,18-/m0/s1. The lowest BCUT2D eigenvalue weighted by Gasteiger charge is -2.41. The zero-order valence-electron chi connectivity index (χ0n) is 15.0. The summed E-state index contributed by atoms with van der Waals surface area (Å²) in [7, 11) is 0. The van der Waals surface area contributed by atoms with Gasteiger partial charge in [-0.2, -0.15) is 0 Å². The number of hydrogen-bond donors (Lipinski definition) is 5. The SMILES string of the molecule is CC/C=C\C[C@@H]1[C@H](CC(=O)O)CC[C@@H]1O[C@H]1O[C@@H](CO)[C@@H](O)[C@@H](O)[C@H]1O. The molecule has 0 bridgehead atoms. The van der Waals surface area contributed by atoms with Crippen LogP contribution in [0.15, 0.2) is 12.2 Å². The minimum atomic E-state index is -1.49. The average Bonchev–Trinajstić information content (AvgIpc) is 2.96. The van der Waals surface area contributed by atoms with E-state index in [2.05, 4.69) is 0 Å². The molecule has 26 heavy (non-hydrogen) atoms. The highest BCUT2D eigenvalue weighted by molar-refractivity contribution is 5.67. The van der Waals surface area contributed by atoms with E-state index in [4.69, 9.17) is 14.6 Å². The highest BCUT2D eigenvalue weighted by atomic mass is 16.7. The van der Waals surface area contributed by atoms with Crippen molar-refractivity contribution in [2.45, 2.75) is 75.8 Å². The Kier molecular flexibility index (Phi) is 8.00. The van der Waals surface area contributed by atoms with Crippen molar-refractivity contribution in [1.82, 2.24) is 0 Å². The number of carboxylic acid groups (broad SMARTS) is 1. The summed E-state index contributed by atoms with van der Waals surface area (Å²) in [6.45, 7) is 1.50. The van der Waals surface area contributed by atoms with Gasteiger partial charge < -0.3 is 35.0 Å². The monoisotopic (exact) mass is 374 g/mol. The van der Waals surface area contributed by atoms with Crippen molar-refractivity contribution in [3.05, 3.63) is 12.2 Å². The van der Waals surface area contributed by atoms with E-state index in [1.807, 2.05) is 19.1 Å². The van der Waals surface area contributed by atoms with E-state index in [1.54, 1.807) is 0 Å². The summed E-state index contributed by atoms with van der Waals surface area (Å²) in [5.74, 6) is -0.932. The van der Waals surface area contributed by atoms with Crippen LogP contribution < -0.4 is 0 Å². The number of rotatable bonds is 8. The Morgan fingerprint density at radius 2 is 1.88 bits per heavy atom. The smallest absolute Gasteiger partial charge is 0.303 e. The Morgan fingerprint density at radius 3 is 2.50 bits per heavy atom. The Labute approximate surface area is 153 Å². The summed E-state index contributed by atoms with van der Waals surface area (Å²) in [5, 5.41) is 48.3. The predicted molar refractivity (Wildman–Crippen MR) is 91.2 cm³/mol. The van der Waals surface area contributed by atoms with Crippen LogP contribution in [0.3, 0.4) is 0 Å². The van der Waals surface area contributed by atoms with Gasteiger partial charge in [-0.3, -0.25) is 4.79 Å². The summed E-state index contributed by atoms with van der Waals surface area (Å²) in [5.41, 5.74) is 0. The van der Waals surface area contributed by atoms with Crippen molar-refractivity contribution in [3.63, 3.8) is 0 Å². The first-order valence-electron chi connectivity index (χ1n) is 9.21. The molecule has 8 heteroatoms. The number of ether oxygens (including phenoxy) is 2. The third-order valence-electron chi connectivity index (χ3n) is 5.31. The molecule has 0 aromatic carbocycles. The minimum absolute atomic E-state index is 0.0381. The summed E-state index contributed by atoms with van der Waals surface area (Å²) in [6.07, 6.45) is 0.0423. The molecule has 1 aliphatic carbocycles. The van der Waals surface area contributed by atoms with Crippen molar-refractivity contribution >= 4 is 5.97 Å². The molecule has 0 aromatic heterocycles. The fourth-order valence-electron chi connectivity index (χ4n) is 3.87. The Bertz CT molecular complexity index is 480. The van der Waals surface area contributed by atoms with Gasteiger partial charge in [-0.25, -0.2) is 0 Å². The molecule has 5 N–H and O–H groups in total. The quantitative estimate of drug-likeness (QED) is 0.375. The number of aliphatic hydroxyl groups excluding tert-OH is 4. The number of aliphatic carboxylic acids is 1. The van der Waals surface area contributed by atoms with Gasteiger partial charge in [0, 0.05) is 6.42 Å². The van der Waals surface area contributed by atoms with Crippen LogP contribution in [0, 0.1) is 11.8 Å². The van der Waals surface area contributed by atoms with Crippen molar-refractivity contribution in [3.8, 4) is 0 Å². The van der Waals surface area contributed by atoms with Crippen molar-refractivity contribution < 1.29 is 39.8 Å². The predicted octanol–water partition coefficient (Wildman–Crippen LogP) is 0.0287. The summed E-state index contributed by atoms with van der Waals surface area (Å²) < 4.78 is 11.3. The Morgan fingerprint density at radius 1 is 1.15 bits per heavy atom. The van der Waals surface area contributed by atoms with Gasteiger partial charge in [0.05, 0.1) is 12.7 Å². The van der Waals surface area contributed by atoms with Gasteiger partial charge >= 0.3 is 5.97 Å². The first-order chi connectivity index (χ1) is 12.4. The normalized spacial score (nSPS) is 41.0. The number of carbonyl (C=O) groups is 1. The molecule has 8 atom stereocenters. The highest BCUT2D eigenvalue weighted by Gasteiger charge is 2.47. The van der Waals surface area contributed by atoms with Crippen LogP contribution in [0.1, 0.15) is 39.0 Å². The molecule has 0 amide bonds. The molecule has 1 saturated heterocycles. The topological polar surface area (TPSA) is 137 Å². The molecule has 2 rings (SSSR count). The van der Waals surface area contributed by atoms with Crippen LogP contribution in [-0.4, -0.2) is 74.9 Å². The molecule has 1 saturated carbocycles. The molecule has 0 unspecified atom stereocenters. The van der Waals surface area contributed by atoms with E-state index in [0.717, 1.165) is 6.42 Å². The van der Waals surface area contributed by atoms with Crippen molar-refractivity contribution in [2.24, 2.45) is 11.8 Å². The fraction of sp³-hybridized carbons (Fsp3) is 0.833. The zero-order valence-corrected chi connectivity index (χ0v) is 15.0. The summed E-state index contributed by atoms with van der Waals surface area (Å²) in [4.78, 5) is 11.1. The molecule has 2 fully saturated rings. The van der Waals surface area contributed by atoms with Crippen LogP contribution in [0.5, 0.6) is 0 Å². The van der Waals surface area contributed by atoms with E-state index >= 15 is 0 Å². The molecule has 0 spiro atoms. The van der Waals surface area contributed by atoms with E-state index in [-0.39, 0.29) is 24.4 Å². The van der Waals surface area contributed by atoms with E-state index in [9.17, 15) is 25.2 Å². The first-order valence-corrected chi connectivity index (χ1v) is 9.21. The Balaban J connectivity index is 2.07. The van der Waals surface area contributed by atoms with Crippen LogP contribution in [0.25, 0.3) is 0 Å². The third kappa shape index (κ3) is 5.03. The molecule has 0 radical (unpaired) electrons. The first kappa shape index (κ1) is 21.3. The lowest BCUT2D eigenvalue weighted by atomic mass is 9.88. The molecule has 2 aliphatic rings. The second kappa shape index (κ2) is 9.77. The third-order valence-corrected chi connectivity index (χ3v) is 5.31. The van der Waals surface area contributed by atoms with Gasteiger partial charge in [-0.1, -0.05) is 19.1 Å². The second-order valence-corrected chi connectivity index (χ2v) is 7.09. The number of carboxylic acids is 1. The van der Waals surface area contributed by atoms with Gasteiger partial charge in [0.1, 0.15) is 24.4 Å². The van der Waals surface area contributed by atoms with Crippen molar-refractivity contribution in [1.29, 1.82) is 0 Å². The molecule has 0 aromatic rings. The molecule has 150 valence electrons. The number of aliphatic hydroxyl groups is 4. The number of hydrogen-bond acceptors (Lipinski definition) is 7. The zero-order chi connectivity index (χ0) is 19.3. The van der Waals surface area contributed by atoms with E-state index in [1.165, 1.54) is 0 Å². The maximum atomic E-state index is 11.1. The molecular weight excluding hydrogens is 344 g/mol. The molecule has 1 heterocycles. The fourth-order valence-corrected chi connectivity index (χ4v) is 3.87. The molecular formula is C18H30O8. The van der Waals surface area contributed by atoms with Crippen LogP contribution in [-0.2, 0) is 14.3 Å². The van der Waals surface area contributed by atoms with Crippen LogP contribution in [0.2, 0.25) is 0 Å². The van der Waals surface area contributed by atoms with Crippen molar-refractivity contribution in [2.75, 3.05) is 6.61 Å². The Hall–Kier alpha value is -1.03. The van der Waals surface area contributed by atoms with E-state index in [0.29, 0.717) is 19.3 Å². The van der Waals surface area contributed by atoms with Crippen LogP contribution >= 0.6 is 0 Å². The summed E-state index contributed by atoms with van der Waals surface area (Å²) in [6, 6.07) is 0. The second-order valence-electron chi connectivity index (χ2n) is 7.09. The van der Waals surface area contributed by atoms with Gasteiger partial charge in [-0.05, 0) is 37.5 Å².